The van der Waals surface area contributed by atoms with Gasteiger partial charge >= 0.3 is 0 Å². The van der Waals surface area contributed by atoms with Crippen molar-refractivity contribution in [2.45, 2.75) is 32.2 Å². The van der Waals surface area contributed by atoms with Crippen molar-refractivity contribution in [3.8, 4) is 5.75 Å². The molecule has 4 nitrogen and oxygen atoms in total. The molecule has 1 aliphatic carbocycles. The Morgan fingerprint density at radius 3 is 2.68 bits per heavy atom. The Balaban J connectivity index is 1.79. The van der Waals surface area contributed by atoms with E-state index in [0.717, 1.165) is 36.1 Å². The molecule has 0 saturated carbocycles. The Bertz CT molecular complexity index is 672. The number of hydrogen-bond acceptors (Lipinski definition) is 3. The molecule has 0 N–H and O–H groups in total. The Labute approximate surface area is 130 Å². The van der Waals surface area contributed by atoms with Crippen LogP contribution in [0.25, 0.3) is 0 Å². The van der Waals surface area contributed by atoms with Crippen LogP contribution >= 0.6 is 0 Å². The Morgan fingerprint density at radius 1 is 1.27 bits per heavy atom. The van der Waals surface area contributed by atoms with Crippen LogP contribution in [0, 0.1) is 0 Å². The minimum absolute atomic E-state index is 0.0273. The lowest BCUT2D eigenvalue weighted by molar-refractivity contribution is 0.0709. The predicted molar refractivity (Wildman–Crippen MR) is 84.2 cm³/mol. The van der Waals surface area contributed by atoms with Gasteiger partial charge in [0.15, 0.2) is 5.76 Å². The van der Waals surface area contributed by atoms with Gasteiger partial charge in [0.2, 0.25) is 0 Å². The SMILES string of the molecule is COc1ccc(C(C)N(C)C(=O)c2occ3c2CCC3)cc1. The molecule has 0 saturated heterocycles. The molecule has 2 aromatic rings. The predicted octanol–water partition coefficient (Wildman–Crippen LogP) is 3.61. The molecule has 4 heteroatoms. The average Bonchev–Trinajstić information content (AvgIpc) is 3.16. The third-order valence-corrected chi connectivity index (χ3v) is 4.55. The number of aryl methyl sites for hydroxylation is 1. The van der Waals surface area contributed by atoms with Gasteiger partial charge in [-0.05, 0) is 49.4 Å². The standard InChI is InChI=1S/C18H21NO3/c1-12(13-7-9-15(21-3)10-8-13)19(2)18(20)17-16-6-4-5-14(16)11-22-17/h7-12H,4-6H2,1-3H3. The van der Waals surface area contributed by atoms with Crippen LogP contribution in [0.15, 0.2) is 34.9 Å². The number of carbonyl (C=O) groups is 1. The van der Waals surface area contributed by atoms with Crippen LogP contribution in [0.1, 0.15) is 46.6 Å². The zero-order chi connectivity index (χ0) is 15.7. The highest BCUT2D eigenvalue weighted by Gasteiger charge is 2.28. The highest BCUT2D eigenvalue weighted by Crippen LogP contribution is 2.30. The van der Waals surface area contributed by atoms with Crippen molar-refractivity contribution in [1.29, 1.82) is 0 Å². The van der Waals surface area contributed by atoms with Crippen molar-refractivity contribution >= 4 is 5.91 Å². The molecular formula is C18H21NO3. The molecule has 0 radical (unpaired) electrons. The second-order valence-corrected chi connectivity index (χ2v) is 5.79. The number of carbonyl (C=O) groups excluding carboxylic acids is 1. The first-order chi connectivity index (χ1) is 10.6. The first kappa shape index (κ1) is 14.7. The van der Waals surface area contributed by atoms with E-state index in [2.05, 4.69) is 0 Å². The number of hydrogen-bond donors (Lipinski definition) is 0. The normalized spacial score (nSPS) is 14.5. The molecule has 1 aliphatic rings. The fraction of sp³-hybridized carbons (Fsp3) is 0.389. The van der Waals surface area contributed by atoms with Crippen molar-refractivity contribution in [1.82, 2.24) is 4.90 Å². The van der Waals surface area contributed by atoms with Crippen LogP contribution in [-0.4, -0.2) is 25.0 Å². The molecule has 1 amide bonds. The molecule has 3 rings (SSSR count). The maximum absolute atomic E-state index is 12.7. The number of methoxy groups -OCH3 is 1. The van der Waals surface area contributed by atoms with Gasteiger partial charge in [-0.3, -0.25) is 4.79 Å². The van der Waals surface area contributed by atoms with Gasteiger partial charge in [-0.1, -0.05) is 12.1 Å². The number of furan rings is 1. The van der Waals surface area contributed by atoms with Crippen molar-refractivity contribution in [3.05, 3.63) is 53.0 Å². The maximum Gasteiger partial charge on any atom is 0.290 e. The quantitative estimate of drug-likeness (QED) is 0.866. The Hall–Kier alpha value is -2.23. The zero-order valence-corrected chi connectivity index (χ0v) is 13.3. The number of rotatable bonds is 4. The first-order valence-corrected chi connectivity index (χ1v) is 7.62. The van der Waals surface area contributed by atoms with Crippen molar-refractivity contribution in [2.24, 2.45) is 0 Å². The largest absolute Gasteiger partial charge is 0.497 e. The molecule has 1 heterocycles. The minimum Gasteiger partial charge on any atom is -0.497 e. The molecule has 22 heavy (non-hydrogen) atoms. The highest BCUT2D eigenvalue weighted by atomic mass is 16.5. The summed E-state index contributed by atoms with van der Waals surface area (Å²) in [5.74, 6) is 1.27. The monoisotopic (exact) mass is 299 g/mol. The number of nitrogens with zero attached hydrogens (tertiary/aromatic N) is 1. The van der Waals surface area contributed by atoms with E-state index in [1.54, 1.807) is 18.3 Å². The van der Waals surface area contributed by atoms with E-state index >= 15 is 0 Å². The fourth-order valence-electron chi connectivity index (χ4n) is 2.98. The lowest BCUT2D eigenvalue weighted by Crippen LogP contribution is -2.30. The summed E-state index contributed by atoms with van der Waals surface area (Å²) in [7, 11) is 3.46. The second-order valence-electron chi connectivity index (χ2n) is 5.79. The summed E-state index contributed by atoms with van der Waals surface area (Å²) < 4.78 is 10.7. The smallest absolute Gasteiger partial charge is 0.290 e. The first-order valence-electron chi connectivity index (χ1n) is 7.62. The van der Waals surface area contributed by atoms with E-state index < -0.39 is 0 Å². The zero-order valence-electron chi connectivity index (χ0n) is 13.3. The molecule has 1 unspecified atom stereocenters. The number of benzene rings is 1. The minimum atomic E-state index is -0.0496. The van der Waals surface area contributed by atoms with Crippen LogP contribution in [0.2, 0.25) is 0 Å². The molecule has 1 aromatic carbocycles. The molecule has 116 valence electrons. The van der Waals surface area contributed by atoms with Crippen LogP contribution in [0.3, 0.4) is 0 Å². The van der Waals surface area contributed by atoms with E-state index in [-0.39, 0.29) is 11.9 Å². The lowest BCUT2D eigenvalue weighted by atomic mass is 10.1. The highest BCUT2D eigenvalue weighted by molar-refractivity contribution is 5.93. The molecule has 1 atom stereocenters. The van der Waals surface area contributed by atoms with E-state index in [9.17, 15) is 4.79 Å². The van der Waals surface area contributed by atoms with Gasteiger partial charge in [-0.15, -0.1) is 0 Å². The van der Waals surface area contributed by atoms with Crippen LogP contribution < -0.4 is 4.74 Å². The topological polar surface area (TPSA) is 42.7 Å². The summed E-state index contributed by atoms with van der Waals surface area (Å²) in [6, 6.07) is 7.77. The summed E-state index contributed by atoms with van der Waals surface area (Å²) >= 11 is 0. The molecule has 1 aromatic heterocycles. The van der Waals surface area contributed by atoms with Gasteiger partial charge in [-0.2, -0.15) is 0 Å². The number of fused-ring (bicyclic) bond motifs is 1. The Morgan fingerprint density at radius 2 is 2.00 bits per heavy atom. The molecule has 0 aliphatic heterocycles. The van der Waals surface area contributed by atoms with Gasteiger partial charge in [-0.25, -0.2) is 0 Å². The fourth-order valence-corrected chi connectivity index (χ4v) is 2.98. The molecule has 0 fully saturated rings. The molecular weight excluding hydrogens is 278 g/mol. The summed E-state index contributed by atoms with van der Waals surface area (Å²) in [4.78, 5) is 14.4. The third kappa shape index (κ3) is 2.49. The van der Waals surface area contributed by atoms with Crippen molar-refractivity contribution in [2.75, 3.05) is 14.2 Å². The maximum atomic E-state index is 12.7. The van der Waals surface area contributed by atoms with Crippen LogP contribution in [0.5, 0.6) is 5.75 Å². The van der Waals surface area contributed by atoms with Crippen molar-refractivity contribution in [3.63, 3.8) is 0 Å². The third-order valence-electron chi connectivity index (χ3n) is 4.55. The molecule has 0 bridgehead atoms. The van der Waals surface area contributed by atoms with Gasteiger partial charge in [0, 0.05) is 12.6 Å². The Kier molecular flexibility index (Phi) is 3.92. The van der Waals surface area contributed by atoms with Crippen molar-refractivity contribution < 1.29 is 13.9 Å². The van der Waals surface area contributed by atoms with Gasteiger partial charge in [0.05, 0.1) is 19.4 Å². The van der Waals surface area contributed by atoms with Gasteiger partial charge in [0.1, 0.15) is 5.75 Å². The summed E-state index contributed by atoms with van der Waals surface area (Å²) in [6.07, 6.45) is 4.81. The second kappa shape index (κ2) is 5.87. The average molecular weight is 299 g/mol. The van der Waals surface area contributed by atoms with Crippen LogP contribution in [-0.2, 0) is 12.8 Å². The van der Waals surface area contributed by atoms with E-state index in [1.165, 1.54) is 5.56 Å². The molecule has 0 spiro atoms. The van der Waals surface area contributed by atoms with E-state index in [0.29, 0.717) is 5.76 Å². The summed E-state index contributed by atoms with van der Waals surface area (Å²) in [6.45, 7) is 2.02. The van der Waals surface area contributed by atoms with E-state index in [1.807, 2.05) is 38.2 Å². The van der Waals surface area contributed by atoms with Gasteiger partial charge < -0.3 is 14.1 Å². The number of ether oxygens (including phenoxy) is 1. The lowest BCUT2D eigenvalue weighted by Gasteiger charge is -2.25. The van der Waals surface area contributed by atoms with E-state index in [4.69, 9.17) is 9.15 Å². The summed E-state index contributed by atoms with van der Waals surface area (Å²) in [5.41, 5.74) is 3.35. The summed E-state index contributed by atoms with van der Waals surface area (Å²) in [5, 5.41) is 0. The van der Waals surface area contributed by atoms with Crippen LogP contribution in [0.4, 0.5) is 0 Å². The van der Waals surface area contributed by atoms with Gasteiger partial charge in [0.25, 0.3) is 5.91 Å². The number of amides is 1.